The quantitative estimate of drug-likeness (QED) is 0.847. The van der Waals surface area contributed by atoms with Crippen LogP contribution in [0.4, 0.5) is 5.82 Å². The van der Waals surface area contributed by atoms with Gasteiger partial charge in [0.1, 0.15) is 11.9 Å². The summed E-state index contributed by atoms with van der Waals surface area (Å²) in [5, 5.41) is 12.1. The van der Waals surface area contributed by atoms with Gasteiger partial charge in [-0.1, -0.05) is 12.1 Å². The predicted molar refractivity (Wildman–Crippen MR) is 88.2 cm³/mol. The number of sulfonamides is 1. The normalized spacial score (nSPS) is 11.2. The zero-order valence-electron chi connectivity index (χ0n) is 12.9. The van der Waals surface area contributed by atoms with Crippen LogP contribution in [0.15, 0.2) is 47.5 Å². The van der Waals surface area contributed by atoms with Crippen molar-refractivity contribution in [3.63, 3.8) is 0 Å². The number of benzene rings is 1. The molecule has 0 spiro atoms. The molecule has 0 atom stereocenters. The zero-order chi connectivity index (χ0) is 16.9. The fraction of sp³-hybridized carbons (Fsp3) is 0.250. The smallest absolute Gasteiger partial charge is 0.240 e. The van der Waals surface area contributed by atoms with E-state index in [2.05, 4.69) is 21.1 Å². The van der Waals surface area contributed by atoms with Gasteiger partial charge in [-0.15, -0.1) is 0 Å². The third kappa shape index (κ3) is 4.52. The van der Waals surface area contributed by atoms with E-state index in [0.717, 1.165) is 5.56 Å². The fourth-order valence-corrected chi connectivity index (χ4v) is 3.34. The van der Waals surface area contributed by atoms with Crippen molar-refractivity contribution in [2.24, 2.45) is 0 Å². The standard InChI is InChI=1S/C16H18N4O2S/c1-12(2)20-23(21,22)15-7-3-5-13(9-15)11-19-16-14(10-17)6-4-8-18-16/h3-9,12,20H,11H2,1-2H3,(H,18,19). The van der Waals surface area contributed by atoms with E-state index < -0.39 is 10.0 Å². The largest absolute Gasteiger partial charge is 0.365 e. The van der Waals surface area contributed by atoms with Crippen LogP contribution in [0.2, 0.25) is 0 Å². The molecule has 2 rings (SSSR count). The Morgan fingerprint density at radius 3 is 2.74 bits per heavy atom. The predicted octanol–water partition coefficient (Wildman–Crippen LogP) is 2.25. The summed E-state index contributed by atoms with van der Waals surface area (Å²) in [5.41, 5.74) is 1.23. The Morgan fingerprint density at radius 1 is 1.26 bits per heavy atom. The molecular weight excluding hydrogens is 312 g/mol. The lowest BCUT2D eigenvalue weighted by molar-refractivity contribution is 0.569. The Hall–Kier alpha value is -2.43. The highest BCUT2D eigenvalue weighted by atomic mass is 32.2. The topological polar surface area (TPSA) is 94.9 Å². The third-order valence-corrected chi connectivity index (χ3v) is 4.64. The maximum Gasteiger partial charge on any atom is 0.240 e. The van der Waals surface area contributed by atoms with Crippen LogP contribution in [0.3, 0.4) is 0 Å². The molecule has 0 aliphatic carbocycles. The molecule has 120 valence electrons. The summed E-state index contributed by atoms with van der Waals surface area (Å²) >= 11 is 0. The lowest BCUT2D eigenvalue weighted by Crippen LogP contribution is -2.30. The van der Waals surface area contributed by atoms with Crippen LogP contribution < -0.4 is 10.0 Å². The average Bonchev–Trinajstić information content (AvgIpc) is 2.52. The second kappa shape index (κ2) is 7.22. The molecule has 0 fully saturated rings. The minimum atomic E-state index is -3.52. The monoisotopic (exact) mass is 330 g/mol. The zero-order valence-corrected chi connectivity index (χ0v) is 13.8. The number of rotatable bonds is 6. The lowest BCUT2D eigenvalue weighted by atomic mass is 10.2. The molecule has 1 heterocycles. The van der Waals surface area contributed by atoms with Crippen molar-refractivity contribution in [1.82, 2.24) is 9.71 Å². The maximum absolute atomic E-state index is 12.2. The third-order valence-electron chi connectivity index (χ3n) is 2.99. The van der Waals surface area contributed by atoms with Gasteiger partial charge in [0.2, 0.25) is 10.0 Å². The van der Waals surface area contributed by atoms with E-state index >= 15 is 0 Å². The Kier molecular flexibility index (Phi) is 5.32. The summed E-state index contributed by atoms with van der Waals surface area (Å²) in [5.74, 6) is 0.476. The van der Waals surface area contributed by atoms with Gasteiger partial charge in [-0.3, -0.25) is 0 Å². The summed E-state index contributed by atoms with van der Waals surface area (Å²) in [6.45, 7) is 3.91. The van der Waals surface area contributed by atoms with E-state index in [1.165, 1.54) is 0 Å². The van der Waals surface area contributed by atoms with E-state index in [4.69, 9.17) is 5.26 Å². The molecule has 7 heteroatoms. The molecule has 0 saturated carbocycles. The number of hydrogen-bond acceptors (Lipinski definition) is 5. The van der Waals surface area contributed by atoms with E-state index in [1.807, 2.05) is 6.07 Å². The molecule has 2 aromatic rings. The number of aromatic nitrogens is 1. The molecule has 0 aliphatic heterocycles. The summed E-state index contributed by atoms with van der Waals surface area (Å²) in [7, 11) is -3.52. The van der Waals surface area contributed by atoms with Crippen molar-refractivity contribution in [3.8, 4) is 6.07 Å². The number of nitriles is 1. The van der Waals surface area contributed by atoms with E-state index in [0.29, 0.717) is 17.9 Å². The van der Waals surface area contributed by atoms with E-state index in [-0.39, 0.29) is 10.9 Å². The van der Waals surface area contributed by atoms with Crippen LogP contribution in [0.5, 0.6) is 0 Å². The van der Waals surface area contributed by atoms with Gasteiger partial charge in [0.15, 0.2) is 0 Å². The molecule has 1 aromatic carbocycles. The molecule has 0 saturated heterocycles. The minimum absolute atomic E-state index is 0.173. The number of nitrogens with one attached hydrogen (secondary N) is 2. The van der Waals surface area contributed by atoms with Crippen molar-refractivity contribution >= 4 is 15.8 Å². The molecule has 0 unspecified atom stereocenters. The van der Waals surface area contributed by atoms with Gasteiger partial charge in [-0.2, -0.15) is 5.26 Å². The molecule has 0 amide bonds. The fourth-order valence-electron chi connectivity index (χ4n) is 2.02. The van der Waals surface area contributed by atoms with Crippen LogP contribution in [0.25, 0.3) is 0 Å². The van der Waals surface area contributed by atoms with Crippen molar-refractivity contribution in [1.29, 1.82) is 5.26 Å². The Bertz CT molecular complexity index is 826. The SMILES string of the molecule is CC(C)NS(=O)(=O)c1cccc(CNc2ncccc2C#N)c1. The van der Waals surface area contributed by atoms with Gasteiger partial charge in [0, 0.05) is 18.8 Å². The maximum atomic E-state index is 12.2. The molecule has 23 heavy (non-hydrogen) atoms. The van der Waals surface area contributed by atoms with Gasteiger partial charge in [0.25, 0.3) is 0 Å². The van der Waals surface area contributed by atoms with Gasteiger partial charge in [-0.25, -0.2) is 18.1 Å². The number of pyridine rings is 1. The first-order valence-corrected chi connectivity index (χ1v) is 8.61. The van der Waals surface area contributed by atoms with Crippen molar-refractivity contribution in [2.45, 2.75) is 31.3 Å². The summed E-state index contributed by atoms with van der Waals surface area (Å²) in [4.78, 5) is 4.33. The van der Waals surface area contributed by atoms with E-state index in [1.54, 1.807) is 50.4 Å². The van der Waals surface area contributed by atoms with Crippen molar-refractivity contribution in [3.05, 3.63) is 53.7 Å². The number of anilines is 1. The van der Waals surface area contributed by atoms with Gasteiger partial charge < -0.3 is 5.32 Å². The van der Waals surface area contributed by atoms with Gasteiger partial charge in [0.05, 0.1) is 10.5 Å². The highest BCUT2D eigenvalue weighted by Crippen LogP contribution is 2.15. The van der Waals surface area contributed by atoms with Crippen LogP contribution in [0, 0.1) is 11.3 Å². The Morgan fingerprint density at radius 2 is 2.04 bits per heavy atom. The molecule has 6 nitrogen and oxygen atoms in total. The van der Waals surface area contributed by atoms with Gasteiger partial charge in [-0.05, 0) is 43.7 Å². The summed E-state index contributed by atoms with van der Waals surface area (Å²) in [6.07, 6.45) is 1.59. The van der Waals surface area contributed by atoms with Crippen molar-refractivity contribution in [2.75, 3.05) is 5.32 Å². The van der Waals surface area contributed by atoms with E-state index in [9.17, 15) is 8.42 Å². The van der Waals surface area contributed by atoms with Gasteiger partial charge >= 0.3 is 0 Å². The second-order valence-electron chi connectivity index (χ2n) is 5.29. The molecule has 0 bridgehead atoms. The minimum Gasteiger partial charge on any atom is -0.365 e. The molecule has 1 aromatic heterocycles. The molecule has 0 aliphatic rings. The first kappa shape index (κ1) is 16.9. The Balaban J connectivity index is 2.17. The Labute approximate surface area is 136 Å². The molecule has 2 N–H and O–H groups in total. The molecule has 0 radical (unpaired) electrons. The summed E-state index contributed by atoms with van der Waals surface area (Å²) in [6, 6.07) is 11.9. The summed E-state index contributed by atoms with van der Waals surface area (Å²) < 4.78 is 26.9. The van der Waals surface area contributed by atoms with Crippen LogP contribution in [0.1, 0.15) is 25.0 Å². The molecular formula is C16H18N4O2S. The van der Waals surface area contributed by atoms with Crippen LogP contribution in [-0.2, 0) is 16.6 Å². The highest BCUT2D eigenvalue weighted by Gasteiger charge is 2.15. The number of hydrogen-bond donors (Lipinski definition) is 2. The average molecular weight is 330 g/mol. The van der Waals surface area contributed by atoms with Crippen LogP contribution in [-0.4, -0.2) is 19.4 Å². The van der Waals surface area contributed by atoms with Crippen molar-refractivity contribution < 1.29 is 8.42 Å². The first-order chi connectivity index (χ1) is 10.9. The lowest BCUT2D eigenvalue weighted by Gasteiger charge is -2.11. The second-order valence-corrected chi connectivity index (χ2v) is 7.00. The number of nitrogens with zero attached hydrogens (tertiary/aromatic N) is 2. The first-order valence-electron chi connectivity index (χ1n) is 7.12. The highest BCUT2D eigenvalue weighted by molar-refractivity contribution is 7.89. The van der Waals surface area contributed by atoms with Crippen LogP contribution >= 0.6 is 0 Å².